The summed E-state index contributed by atoms with van der Waals surface area (Å²) in [5.74, 6) is 0.243. The smallest absolute Gasteiger partial charge is 0.160 e. The molecule has 2 rings (SSSR count). The molecule has 2 aromatic rings. The van der Waals surface area contributed by atoms with E-state index in [1.807, 2.05) is 0 Å². The summed E-state index contributed by atoms with van der Waals surface area (Å²) >= 11 is 11.7. The van der Waals surface area contributed by atoms with Gasteiger partial charge in [0, 0.05) is 16.1 Å². The van der Waals surface area contributed by atoms with Crippen molar-refractivity contribution in [2.24, 2.45) is 0 Å². The van der Waals surface area contributed by atoms with Crippen LogP contribution in [-0.2, 0) is 21.3 Å². The summed E-state index contributed by atoms with van der Waals surface area (Å²) in [5, 5.41) is 4.48. The first-order chi connectivity index (χ1) is 8.85. The van der Waals surface area contributed by atoms with Gasteiger partial charge < -0.3 is 4.52 Å². The van der Waals surface area contributed by atoms with Crippen molar-refractivity contribution in [3.05, 3.63) is 51.3 Å². The van der Waals surface area contributed by atoms with E-state index in [-0.39, 0.29) is 11.5 Å². The highest BCUT2D eigenvalue weighted by molar-refractivity contribution is 7.89. The molecular weight excluding hydrogens is 309 g/mol. The van der Waals surface area contributed by atoms with Gasteiger partial charge in [-0.15, -0.1) is 0 Å². The first-order valence-corrected chi connectivity index (χ1v) is 8.00. The summed E-state index contributed by atoms with van der Waals surface area (Å²) in [6.45, 7) is 1.71. The molecular formula is C12H11Cl2NO3S. The summed E-state index contributed by atoms with van der Waals surface area (Å²) in [6, 6.07) is 6.34. The van der Waals surface area contributed by atoms with Crippen LogP contribution in [-0.4, -0.2) is 13.6 Å². The molecule has 0 amide bonds. The van der Waals surface area contributed by atoms with Crippen LogP contribution in [0.3, 0.4) is 0 Å². The van der Waals surface area contributed by atoms with Gasteiger partial charge in [-0.05, 0) is 24.6 Å². The second-order valence-corrected chi connectivity index (χ2v) is 7.11. The third-order valence-corrected chi connectivity index (χ3v) is 4.51. The lowest BCUT2D eigenvalue weighted by molar-refractivity contribution is 0.392. The highest BCUT2D eigenvalue weighted by atomic mass is 35.5. The summed E-state index contributed by atoms with van der Waals surface area (Å²) in [6.07, 6.45) is 0. The maximum Gasteiger partial charge on any atom is 0.160 e. The van der Waals surface area contributed by atoms with Gasteiger partial charge in [0.2, 0.25) is 0 Å². The Kier molecular flexibility index (Phi) is 4.18. The average Bonchev–Trinajstić information content (AvgIpc) is 2.67. The number of rotatable bonds is 4. The number of hydrogen-bond donors (Lipinski definition) is 0. The van der Waals surface area contributed by atoms with Crippen LogP contribution >= 0.6 is 23.2 Å². The van der Waals surface area contributed by atoms with E-state index in [2.05, 4.69) is 5.16 Å². The van der Waals surface area contributed by atoms with Crippen LogP contribution in [0.15, 0.2) is 28.8 Å². The largest absolute Gasteiger partial charge is 0.361 e. The van der Waals surface area contributed by atoms with Crippen LogP contribution in [0.25, 0.3) is 0 Å². The van der Waals surface area contributed by atoms with Gasteiger partial charge in [0.25, 0.3) is 0 Å². The average molecular weight is 320 g/mol. The van der Waals surface area contributed by atoms with E-state index in [0.29, 0.717) is 27.1 Å². The molecule has 102 valence electrons. The molecule has 0 saturated heterocycles. The minimum Gasteiger partial charge on any atom is -0.361 e. The first-order valence-electron chi connectivity index (χ1n) is 5.42. The highest BCUT2D eigenvalue weighted by Crippen LogP contribution is 2.23. The van der Waals surface area contributed by atoms with Gasteiger partial charge in [0.05, 0.1) is 17.2 Å². The third-order valence-electron chi connectivity index (χ3n) is 2.44. The predicted octanol–water partition coefficient (Wildman–Crippen LogP) is 3.40. The fraction of sp³-hybridized carbons (Fsp3) is 0.250. The molecule has 1 aromatic carbocycles. The maximum atomic E-state index is 12.0. The van der Waals surface area contributed by atoms with Gasteiger partial charge in [-0.2, -0.15) is 0 Å². The Labute approximate surface area is 121 Å². The molecule has 0 fully saturated rings. The van der Waals surface area contributed by atoms with E-state index in [0.717, 1.165) is 0 Å². The van der Waals surface area contributed by atoms with Gasteiger partial charge in [-0.3, -0.25) is 0 Å². The van der Waals surface area contributed by atoms with Crippen LogP contribution in [0, 0.1) is 6.92 Å². The van der Waals surface area contributed by atoms with Crippen molar-refractivity contribution in [2.75, 3.05) is 0 Å². The Balaban J connectivity index is 2.17. The van der Waals surface area contributed by atoms with E-state index in [1.165, 1.54) is 6.07 Å². The van der Waals surface area contributed by atoms with E-state index in [4.69, 9.17) is 27.7 Å². The molecule has 0 aliphatic carbocycles. The SMILES string of the molecule is Cc1cc(CS(=O)(=O)Cc2ccc(Cl)cc2Cl)no1. The second kappa shape index (κ2) is 5.53. The standard InChI is InChI=1S/C12H11Cl2NO3S/c1-8-4-11(15-18-8)7-19(16,17)6-9-2-3-10(13)5-12(9)14/h2-5H,6-7H2,1H3. The van der Waals surface area contributed by atoms with Crippen molar-refractivity contribution in [3.63, 3.8) is 0 Å². The van der Waals surface area contributed by atoms with Gasteiger partial charge in [0.1, 0.15) is 5.76 Å². The van der Waals surface area contributed by atoms with Crippen molar-refractivity contribution < 1.29 is 12.9 Å². The number of aromatic nitrogens is 1. The van der Waals surface area contributed by atoms with Gasteiger partial charge in [-0.1, -0.05) is 34.4 Å². The molecule has 0 saturated carbocycles. The zero-order chi connectivity index (χ0) is 14.0. The first kappa shape index (κ1) is 14.4. The molecule has 0 spiro atoms. The van der Waals surface area contributed by atoms with Crippen molar-refractivity contribution >= 4 is 33.0 Å². The van der Waals surface area contributed by atoms with Gasteiger partial charge in [-0.25, -0.2) is 8.42 Å². The van der Waals surface area contributed by atoms with Crippen molar-refractivity contribution in [3.8, 4) is 0 Å². The van der Waals surface area contributed by atoms with Gasteiger partial charge in [0.15, 0.2) is 9.84 Å². The van der Waals surface area contributed by atoms with Crippen molar-refractivity contribution in [2.45, 2.75) is 18.4 Å². The Bertz CT molecular complexity index is 695. The molecule has 7 heteroatoms. The molecule has 4 nitrogen and oxygen atoms in total. The maximum absolute atomic E-state index is 12.0. The minimum absolute atomic E-state index is 0.158. The zero-order valence-corrected chi connectivity index (χ0v) is 12.4. The highest BCUT2D eigenvalue weighted by Gasteiger charge is 2.17. The predicted molar refractivity (Wildman–Crippen MR) is 74.0 cm³/mol. The number of benzene rings is 1. The fourth-order valence-electron chi connectivity index (χ4n) is 1.64. The molecule has 0 aliphatic rings. The lowest BCUT2D eigenvalue weighted by atomic mass is 10.2. The van der Waals surface area contributed by atoms with E-state index >= 15 is 0 Å². The normalized spacial score (nSPS) is 11.7. The lowest BCUT2D eigenvalue weighted by Gasteiger charge is -2.05. The number of halogens is 2. The van der Waals surface area contributed by atoms with Crippen LogP contribution < -0.4 is 0 Å². The van der Waals surface area contributed by atoms with Crippen LogP contribution in [0.1, 0.15) is 17.0 Å². The van der Waals surface area contributed by atoms with E-state index in [9.17, 15) is 8.42 Å². The molecule has 0 bridgehead atoms. The van der Waals surface area contributed by atoms with Crippen LogP contribution in [0.2, 0.25) is 10.0 Å². The number of nitrogens with zero attached hydrogens (tertiary/aromatic N) is 1. The Morgan fingerprint density at radius 3 is 2.53 bits per heavy atom. The second-order valence-electron chi connectivity index (χ2n) is 4.20. The number of aryl methyl sites for hydroxylation is 1. The number of sulfone groups is 1. The molecule has 19 heavy (non-hydrogen) atoms. The summed E-state index contributed by atoms with van der Waals surface area (Å²) in [5.41, 5.74) is 0.911. The van der Waals surface area contributed by atoms with E-state index < -0.39 is 9.84 Å². The van der Waals surface area contributed by atoms with Crippen molar-refractivity contribution in [1.82, 2.24) is 5.16 Å². The third kappa shape index (κ3) is 3.96. The molecule has 1 heterocycles. The quantitative estimate of drug-likeness (QED) is 0.866. The molecule has 0 N–H and O–H groups in total. The molecule has 0 aliphatic heterocycles. The zero-order valence-electron chi connectivity index (χ0n) is 10.1. The fourth-order valence-corrected chi connectivity index (χ4v) is 3.61. The summed E-state index contributed by atoms with van der Waals surface area (Å²) < 4.78 is 28.9. The topological polar surface area (TPSA) is 60.2 Å². The summed E-state index contributed by atoms with van der Waals surface area (Å²) in [7, 11) is -3.36. The Morgan fingerprint density at radius 2 is 1.95 bits per heavy atom. The molecule has 0 atom stereocenters. The van der Waals surface area contributed by atoms with Gasteiger partial charge >= 0.3 is 0 Å². The van der Waals surface area contributed by atoms with Crippen LogP contribution in [0.4, 0.5) is 0 Å². The minimum atomic E-state index is -3.36. The molecule has 1 aromatic heterocycles. The van der Waals surface area contributed by atoms with E-state index in [1.54, 1.807) is 25.1 Å². The van der Waals surface area contributed by atoms with Crippen molar-refractivity contribution in [1.29, 1.82) is 0 Å². The lowest BCUT2D eigenvalue weighted by Crippen LogP contribution is -2.08. The Hall–Kier alpha value is -1.04. The summed E-state index contributed by atoms with van der Waals surface area (Å²) in [4.78, 5) is 0. The van der Waals surface area contributed by atoms with Crippen LogP contribution in [0.5, 0.6) is 0 Å². The Morgan fingerprint density at radius 1 is 1.21 bits per heavy atom. The molecule has 0 radical (unpaired) electrons. The number of hydrogen-bond acceptors (Lipinski definition) is 4. The monoisotopic (exact) mass is 319 g/mol. The molecule has 0 unspecified atom stereocenters.